The maximum atomic E-state index is 13.1. The van der Waals surface area contributed by atoms with Gasteiger partial charge in [-0.1, -0.05) is 11.3 Å². The number of thiazole rings is 1. The number of hydrogen-bond acceptors (Lipinski definition) is 8. The van der Waals surface area contributed by atoms with Crippen LogP contribution in [0.1, 0.15) is 12.8 Å². The molecule has 2 heterocycles. The highest BCUT2D eigenvalue weighted by molar-refractivity contribution is 7.22. The third kappa shape index (κ3) is 4.33. The number of carbonyl (C=O) groups excluding carboxylic acids is 3. The number of nitrogens with zero attached hydrogens (tertiary/aromatic N) is 4. The first-order chi connectivity index (χ1) is 13.8. The highest BCUT2D eigenvalue weighted by Crippen LogP contribution is 2.40. The normalized spacial score (nSPS) is 14.2. The molecule has 9 nitrogen and oxygen atoms in total. The van der Waals surface area contributed by atoms with E-state index in [1.807, 2.05) is 19.0 Å². The molecular weight excluding hydrogens is 396 g/mol. The summed E-state index contributed by atoms with van der Waals surface area (Å²) in [5.74, 6) is 0.224. The minimum Gasteiger partial charge on any atom is -0.495 e. The quantitative estimate of drug-likeness (QED) is 0.596. The van der Waals surface area contributed by atoms with E-state index in [-0.39, 0.29) is 37.1 Å². The summed E-state index contributed by atoms with van der Waals surface area (Å²) in [6, 6.07) is 3.55. The number of likely N-dealkylation sites (N-methyl/N-ethyl adjacent to an activating group) is 1. The van der Waals surface area contributed by atoms with Gasteiger partial charge in [0, 0.05) is 25.9 Å². The smallest absolute Gasteiger partial charge is 0.248 e. The number of carbonyl (C=O) groups is 3. The van der Waals surface area contributed by atoms with Gasteiger partial charge in [0.1, 0.15) is 28.3 Å². The van der Waals surface area contributed by atoms with Crippen LogP contribution in [0.3, 0.4) is 0 Å². The lowest BCUT2D eigenvalue weighted by atomic mass is 10.3. The minimum atomic E-state index is -0.354. The molecule has 0 spiro atoms. The zero-order valence-electron chi connectivity index (χ0n) is 16.9. The van der Waals surface area contributed by atoms with E-state index in [9.17, 15) is 14.4 Å². The third-order valence-corrected chi connectivity index (χ3v) is 5.74. The summed E-state index contributed by atoms with van der Waals surface area (Å²) >= 11 is 1.31. The molecule has 1 fully saturated rings. The second-order valence-electron chi connectivity index (χ2n) is 6.87. The summed E-state index contributed by atoms with van der Waals surface area (Å²) in [6.07, 6.45) is 0.304. The van der Waals surface area contributed by atoms with Crippen LogP contribution in [0.4, 0.5) is 5.13 Å². The third-order valence-electron chi connectivity index (χ3n) is 4.65. The predicted octanol–water partition coefficient (Wildman–Crippen LogP) is 1.36. The van der Waals surface area contributed by atoms with Gasteiger partial charge >= 0.3 is 0 Å². The van der Waals surface area contributed by atoms with Crippen molar-refractivity contribution >= 4 is 44.4 Å². The summed E-state index contributed by atoms with van der Waals surface area (Å²) in [5.41, 5.74) is 0.600. The van der Waals surface area contributed by atoms with Crippen molar-refractivity contribution in [2.24, 2.45) is 0 Å². The maximum absolute atomic E-state index is 13.1. The molecule has 0 radical (unpaired) electrons. The van der Waals surface area contributed by atoms with Crippen molar-refractivity contribution < 1.29 is 23.9 Å². The van der Waals surface area contributed by atoms with Crippen LogP contribution in [-0.4, -0.2) is 80.5 Å². The average molecular weight is 420 g/mol. The lowest BCUT2D eigenvalue weighted by molar-refractivity contribution is -0.141. The molecule has 1 aliphatic heterocycles. The Hall–Kier alpha value is -2.72. The molecule has 1 aromatic carbocycles. The number of methoxy groups -OCH3 is 2. The summed E-state index contributed by atoms with van der Waals surface area (Å²) in [4.78, 5) is 46.0. The molecule has 3 rings (SSSR count). The monoisotopic (exact) mass is 420 g/mol. The van der Waals surface area contributed by atoms with Crippen molar-refractivity contribution in [3.05, 3.63) is 12.1 Å². The molecule has 0 saturated carbocycles. The van der Waals surface area contributed by atoms with Crippen molar-refractivity contribution in [3.63, 3.8) is 0 Å². The number of likely N-dealkylation sites (tertiary alicyclic amines) is 1. The van der Waals surface area contributed by atoms with Gasteiger partial charge in [0.2, 0.25) is 17.7 Å². The average Bonchev–Trinajstić information content (AvgIpc) is 3.26. The Bertz CT molecular complexity index is 885. The maximum Gasteiger partial charge on any atom is 0.248 e. The number of anilines is 1. The molecule has 1 aromatic heterocycles. The van der Waals surface area contributed by atoms with Crippen molar-refractivity contribution in [1.29, 1.82) is 0 Å². The van der Waals surface area contributed by atoms with E-state index >= 15 is 0 Å². The van der Waals surface area contributed by atoms with Gasteiger partial charge in [0.15, 0.2) is 5.13 Å². The molecule has 0 N–H and O–H groups in total. The Morgan fingerprint density at radius 1 is 1.10 bits per heavy atom. The highest BCUT2D eigenvalue weighted by Gasteiger charge is 2.33. The van der Waals surface area contributed by atoms with E-state index in [1.54, 1.807) is 26.4 Å². The van der Waals surface area contributed by atoms with Crippen LogP contribution in [0.25, 0.3) is 10.2 Å². The second kappa shape index (κ2) is 8.75. The Labute approximate surface area is 172 Å². The van der Waals surface area contributed by atoms with Gasteiger partial charge in [0.25, 0.3) is 0 Å². The fourth-order valence-electron chi connectivity index (χ4n) is 3.04. The highest BCUT2D eigenvalue weighted by atomic mass is 32.1. The van der Waals surface area contributed by atoms with Crippen molar-refractivity contribution in [2.45, 2.75) is 12.8 Å². The summed E-state index contributed by atoms with van der Waals surface area (Å²) < 4.78 is 11.6. The first-order valence-electron chi connectivity index (χ1n) is 9.15. The van der Waals surface area contributed by atoms with Crippen LogP contribution in [0, 0.1) is 0 Å². The van der Waals surface area contributed by atoms with Crippen LogP contribution in [0.2, 0.25) is 0 Å². The minimum absolute atomic E-state index is 0.152. The summed E-state index contributed by atoms with van der Waals surface area (Å²) in [7, 11) is 6.93. The Morgan fingerprint density at radius 3 is 2.31 bits per heavy atom. The van der Waals surface area contributed by atoms with Crippen molar-refractivity contribution in [1.82, 2.24) is 14.8 Å². The van der Waals surface area contributed by atoms with Crippen molar-refractivity contribution in [3.8, 4) is 11.5 Å². The van der Waals surface area contributed by atoms with E-state index < -0.39 is 0 Å². The molecule has 0 bridgehead atoms. The molecule has 0 aliphatic carbocycles. The zero-order valence-corrected chi connectivity index (χ0v) is 17.7. The molecule has 10 heteroatoms. The van der Waals surface area contributed by atoms with Gasteiger partial charge in [-0.3, -0.25) is 24.2 Å². The van der Waals surface area contributed by atoms with Gasteiger partial charge in [-0.15, -0.1) is 0 Å². The number of fused-ring (bicyclic) bond motifs is 1. The number of hydrogen-bond donors (Lipinski definition) is 0. The summed E-state index contributed by atoms with van der Waals surface area (Å²) in [6.45, 7) is 0.680. The molecule has 1 saturated heterocycles. The molecule has 156 valence electrons. The number of benzene rings is 1. The van der Waals surface area contributed by atoms with Crippen LogP contribution >= 0.6 is 11.3 Å². The topological polar surface area (TPSA) is 92.3 Å². The first-order valence-corrected chi connectivity index (χ1v) is 9.97. The molecule has 0 unspecified atom stereocenters. The lowest BCUT2D eigenvalue weighted by Crippen LogP contribution is -2.44. The first kappa shape index (κ1) is 21.0. The van der Waals surface area contributed by atoms with Crippen LogP contribution < -0.4 is 14.4 Å². The molecule has 0 atom stereocenters. The SMILES string of the molecule is COc1ccc(OC)c2sc(N(CCN(C)C)C(=O)CN3C(=O)CCC3=O)nc12. The van der Waals surface area contributed by atoms with Crippen LogP contribution in [0.15, 0.2) is 12.1 Å². The van der Waals surface area contributed by atoms with Gasteiger partial charge in [-0.2, -0.15) is 0 Å². The van der Waals surface area contributed by atoms with Crippen molar-refractivity contribution in [2.75, 3.05) is 52.8 Å². The largest absolute Gasteiger partial charge is 0.495 e. The molecular formula is C19H24N4O5S. The standard InChI is InChI=1S/C19H24N4O5S/c1-21(2)9-10-22(16(26)11-23-14(24)7-8-15(23)25)19-20-17-12(27-3)5-6-13(28-4)18(17)29-19/h5-6H,7-11H2,1-4H3. The molecule has 1 aliphatic rings. The zero-order chi connectivity index (χ0) is 21.1. The Kier molecular flexibility index (Phi) is 6.33. The van der Waals surface area contributed by atoms with Gasteiger partial charge in [-0.25, -0.2) is 4.98 Å². The van der Waals surface area contributed by atoms with Gasteiger partial charge in [0.05, 0.1) is 14.2 Å². The Morgan fingerprint density at radius 2 is 1.72 bits per heavy atom. The molecule has 29 heavy (non-hydrogen) atoms. The van der Waals surface area contributed by atoms with E-state index in [2.05, 4.69) is 4.98 Å². The lowest BCUT2D eigenvalue weighted by Gasteiger charge is -2.24. The number of ether oxygens (including phenoxy) is 2. The van der Waals surface area contributed by atoms with E-state index in [0.717, 1.165) is 9.60 Å². The van der Waals surface area contributed by atoms with Crippen LogP contribution in [0.5, 0.6) is 11.5 Å². The number of aromatic nitrogens is 1. The second-order valence-corrected chi connectivity index (χ2v) is 7.84. The van der Waals surface area contributed by atoms with E-state index in [0.29, 0.717) is 35.2 Å². The predicted molar refractivity (Wildman–Crippen MR) is 110 cm³/mol. The number of rotatable bonds is 8. The number of imide groups is 1. The Balaban J connectivity index is 1.96. The van der Waals surface area contributed by atoms with E-state index in [1.165, 1.54) is 16.2 Å². The summed E-state index contributed by atoms with van der Waals surface area (Å²) in [5, 5.41) is 0.466. The van der Waals surface area contributed by atoms with Gasteiger partial charge < -0.3 is 14.4 Å². The molecule has 3 amide bonds. The number of amides is 3. The van der Waals surface area contributed by atoms with E-state index in [4.69, 9.17) is 9.47 Å². The fraction of sp³-hybridized carbons (Fsp3) is 0.474. The fourth-order valence-corrected chi connectivity index (χ4v) is 4.15. The van der Waals surface area contributed by atoms with Gasteiger partial charge in [-0.05, 0) is 26.2 Å². The molecule has 2 aromatic rings. The van der Waals surface area contributed by atoms with Crippen LogP contribution in [-0.2, 0) is 14.4 Å².